The molecule has 0 atom stereocenters. The number of hydrogen-bond donors (Lipinski definition) is 1. The molecule has 0 bridgehead atoms. The summed E-state index contributed by atoms with van der Waals surface area (Å²) in [4.78, 5) is 22.5. The largest absolute Gasteiger partial charge is 0.475 e. The second-order valence-corrected chi connectivity index (χ2v) is 3.73. The molecule has 1 radical (unpaired) electrons. The molecule has 1 heterocycles. The van der Waals surface area contributed by atoms with Crippen LogP contribution in [0.4, 0.5) is 0 Å². The molecular formula is C13H11O4. The summed E-state index contributed by atoms with van der Waals surface area (Å²) in [5, 5.41) is 9.25. The van der Waals surface area contributed by atoms with E-state index >= 15 is 0 Å². The zero-order chi connectivity index (χ0) is 12.4. The molecule has 0 unspecified atom stereocenters. The highest BCUT2D eigenvalue weighted by molar-refractivity contribution is 5.88. The molecule has 87 valence electrons. The van der Waals surface area contributed by atoms with Crippen molar-refractivity contribution in [2.24, 2.45) is 0 Å². The average Bonchev–Trinajstić information content (AvgIpc) is 2.30. The van der Waals surface area contributed by atoms with Crippen molar-refractivity contribution < 1.29 is 14.3 Å². The first-order chi connectivity index (χ1) is 8.13. The summed E-state index contributed by atoms with van der Waals surface area (Å²) in [5.74, 6) is -1.57. The van der Waals surface area contributed by atoms with Crippen LogP contribution in [0.5, 0.6) is 0 Å². The fraction of sp³-hybridized carbons (Fsp3) is 0.231. The van der Waals surface area contributed by atoms with Crippen molar-refractivity contribution in [3.63, 3.8) is 0 Å². The third-order valence-electron chi connectivity index (χ3n) is 2.48. The molecule has 0 amide bonds. The number of fused-ring (bicyclic) bond motifs is 1. The molecule has 2 aromatic rings. The Labute approximate surface area is 97.5 Å². The normalized spacial score (nSPS) is 10.6. The van der Waals surface area contributed by atoms with Gasteiger partial charge in [-0.3, -0.25) is 4.79 Å². The lowest BCUT2D eigenvalue weighted by Gasteiger charge is -2.04. The summed E-state index contributed by atoms with van der Waals surface area (Å²) in [7, 11) is 0. The molecule has 0 aliphatic carbocycles. The van der Waals surface area contributed by atoms with Crippen LogP contribution < -0.4 is 5.43 Å². The number of aromatic carboxylic acids is 1. The minimum atomic E-state index is -1.24. The molecule has 1 aromatic carbocycles. The SMILES string of the molecule is CCCc1[c]ccc2c(=O)cc(C(=O)O)oc12. The monoisotopic (exact) mass is 231 g/mol. The van der Waals surface area contributed by atoms with E-state index in [-0.39, 0.29) is 11.2 Å². The van der Waals surface area contributed by atoms with Gasteiger partial charge in [0.1, 0.15) is 5.58 Å². The van der Waals surface area contributed by atoms with Crippen LogP contribution in [-0.4, -0.2) is 11.1 Å². The molecule has 2 rings (SSSR count). The molecule has 4 nitrogen and oxygen atoms in total. The Kier molecular flexibility index (Phi) is 2.95. The smallest absolute Gasteiger partial charge is 0.371 e. The van der Waals surface area contributed by atoms with Crippen molar-refractivity contribution in [2.75, 3.05) is 0 Å². The molecule has 1 N–H and O–H groups in total. The van der Waals surface area contributed by atoms with E-state index in [4.69, 9.17) is 9.52 Å². The Hall–Kier alpha value is -2.10. The minimum Gasteiger partial charge on any atom is -0.475 e. The van der Waals surface area contributed by atoms with E-state index in [2.05, 4.69) is 6.07 Å². The number of carboxylic acid groups (broad SMARTS) is 1. The van der Waals surface area contributed by atoms with Crippen molar-refractivity contribution in [3.05, 3.63) is 45.8 Å². The second kappa shape index (κ2) is 4.41. The Morgan fingerprint density at radius 2 is 2.29 bits per heavy atom. The van der Waals surface area contributed by atoms with Gasteiger partial charge in [-0.15, -0.1) is 0 Å². The molecule has 0 aliphatic rings. The summed E-state index contributed by atoms with van der Waals surface area (Å²) in [6.45, 7) is 1.99. The Morgan fingerprint density at radius 3 is 2.94 bits per heavy atom. The zero-order valence-corrected chi connectivity index (χ0v) is 9.32. The lowest BCUT2D eigenvalue weighted by Crippen LogP contribution is -2.07. The van der Waals surface area contributed by atoms with Crippen molar-refractivity contribution in [2.45, 2.75) is 19.8 Å². The van der Waals surface area contributed by atoms with Crippen LogP contribution in [0.2, 0.25) is 0 Å². The fourth-order valence-corrected chi connectivity index (χ4v) is 1.72. The maximum absolute atomic E-state index is 11.7. The molecule has 0 saturated heterocycles. The number of rotatable bonds is 3. The predicted octanol–water partition coefficient (Wildman–Crippen LogP) is 2.24. The summed E-state index contributed by atoms with van der Waals surface area (Å²) in [6.07, 6.45) is 1.57. The molecule has 0 fully saturated rings. The second-order valence-electron chi connectivity index (χ2n) is 3.73. The summed E-state index contributed by atoms with van der Waals surface area (Å²) in [6, 6.07) is 7.23. The van der Waals surface area contributed by atoms with Crippen LogP contribution >= 0.6 is 0 Å². The fourth-order valence-electron chi connectivity index (χ4n) is 1.72. The van der Waals surface area contributed by atoms with Gasteiger partial charge in [0.05, 0.1) is 5.39 Å². The molecule has 0 spiro atoms. The number of hydrogen-bond acceptors (Lipinski definition) is 3. The van der Waals surface area contributed by atoms with Gasteiger partial charge >= 0.3 is 5.97 Å². The Morgan fingerprint density at radius 1 is 1.53 bits per heavy atom. The third-order valence-corrected chi connectivity index (χ3v) is 2.48. The minimum absolute atomic E-state index is 0.333. The van der Waals surface area contributed by atoms with Crippen molar-refractivity contribution in [1.82, 2.24) is 0 Å². The van der Waals surface area contributed by atoms with Gasteiger partial charge < -0.3 is 9.52 Å². The number of benzene rings is 1. The standard InChI is InChI=1S/C13H11O4/c1-2-4-8-5-3-6-9-10(14)7-11(13(15)16)17-12(8)9/h3,6-7H,2,4H2,1H3,(H,15,16). The van der Waals surface area contributed by atoms with E-state index in [9.17, 15) is 9.59 Å². The third kappa shape index (κ3) is 2.06. The van der Waals surface area contributed by atoms with E-state index in [1.807, 2.05) is 6.92 Å². The first-order valence-electron chi connectivity index (χ1n) is 5.34. The van der Waals surface area contributed by atoms with E-state index in [1.165, 1.54) is 0 Å². The molecule has 17 heavy (non-hydrogen) atoms. The van der Waals surface area contributed by atoms with Gasteiger partial charge in [-0.25, -0.2) is 4.79 Å². The van der Waals surface area contributed by atoms with Crippen LogP contribution in [0.15, 0.2) is 27.4 Å². The van der Waals surface area contributed by atoms with Crippen molar-refractivity contribution >= 4 is 16.9 Å². The van der Waals surface area contributed by atoms with Gasteiger partial charge in [-0.1, -0.05) is 19.4 Å². The highest BCUT2D eigenvalue weighted by Crippen LogP contribution is 2.18. The highest BCUT2D eigenvalue weighted by Gasteiger charge is 2.12. The maximum Gasteiger partial charge on any atom is 0.371 e. The lowest BCUT2D eigenvalue weighted by atomic mass is 10.1. The summed E-state index contributed by atoms with van der Waals surface area (Å²) in [5.41, 5.74) is 0.736. The summed E-state index contributed by atoms with van der Waals surface area (Å²) >= 11 is 0. The molecule has 1 aromatic heterocycles. The van der Waals surface area contributed by atoms with Crippen molar-refractivity contribution in [3.8, 4) is 0 Å². The zero-order valence-electron chi connectivity index (χ0n) is 9.32. The first kappa shape index (κ1) is 11.4. The predicted molar refractivity (Wildman–Crippen MR) is 62.3 cm³/mol. The van der Waals surface area contributed by atoms with E-state index < -0.39 is 5.97 Å². The number of carboxylic acids is 1. The van der Waals surface area contributed by atoms with Gasteiger partial charge in [0.25, 0.3) is 0 Å². The van der Waals surface area contributed by atoms with Crippen LogP contribution in [0.1, 0.15) is 29.5 Å². The van der Waals surface area contributed by atoms with Gasteiger partial charge in [-0.05, 0) is 18.6 Å². The highest BCUT2D eigenvalue weighted by atomic mass is 16.4. The Balaban J connectivity index is 2.78. The molecule has 0 saturated carbocycles. The maximum atomic E-state index is 11.7. The Bertz CT molecular complexity index is 625. The van der Waals surface area contributed by atoms with Crippen LogP contribution in [0, 0.1) is 6.07 Å². The average molecular weight is 231 g/mol. The van der Waals surface area contributed by atoms with Gasteiger partial charge in [-0.2, -0.15) is 0 Å². The first-order valence-corrected chi connectivity index (χ1v) is 5.34. The van der Waals surface area contributed by atoms with Crippen LogP contribution in [0.3, 0.4) is 0 Å². The quantitative estimate of drug-likeness (QED) is 0.879. The molecular weight excluding hydrogens is 220 g/mol. The van der Waals surface area contributed by atoms with E-state index in [1.54, 1.807) is 12.1 Å². The van der Waals surface area contributed by atoms with Gasteiger partial charge in [0.15, 0.2) is 5.43 Å². The van der Waals surface area contributed by atoms with Crippen LogP contribution in [-0.2, 0) is 6.42 Å². The van der Waals surface area contributed by atoms with Gasteiger partial charge in [0, 0.05) is 11.6 Å². The molecule has 0 aliphatic heterocycles. The number of aryl methyl sites for hydroxylation is 1. The topological polar surface area (TPSA) is 67.5 Å². The van der Waals surface area contributed by atoms with E-state index in [0.717, 1.165) is 18.1 Å². The van der Waals surface area contributed by atoms with Crippen LogP contribution in [0.25, 0.3) is 11.0 Å². The van der Waals surface area contributed by atoms with Gasteiger partial charge in [0.2, 0.25) is 5.76 Å². The van der Waals surface area contributed by atoms with E-state index in [0.29, 0.717) is 17.4 Å². The number of carbonyl (C=O) groups is 1. The summed E-state index contributed by atoms with van der Waals surface area (Å²) < 4.78 is 5.26. The molecule has 4 heteroatoms. The van der Waals surface area contributed by atoms with Crippen molar-refractivity contribution in [1.29, 1.82) is 0 Å². The lowest BCUT2D eigenvalue weighted by molar-refractivity contribution is 0.0663.